The predicted octanol–water partition coefficient (Wildman–Crippen LogP) is 5.39. The minimum Gasteiger partial charge on any atom is -0.330 e. The van der Waals surface area contributed by atoms with Gasteiger partial charge >= 0.3 is 6.18 Å². The molecule has 3 aromatic rings. The fourth-order valence-corrected chi connectivity index (χ4v) is 2.99. The summed E-state index contributed by atoms with van der Waals surface area (Å²) in [7, 11) is 0. The highest BCUT2D eigenvalue weighted by atomic mass is 35.5. The molecule has 0 saturated carbocycles. The summed E-state index contributed by atoms with van der Waals surface area (Å²) in [5, 5.41) is -0.387. The molecule has 0 aliphatic carbocycles. The molecule has 0 aliphatic heterocycles. The summed E-state index contributed by atoms with van der Waals surface area (Å²) in [5.41, 5.74) is 0.994. The Balaban J connectivity index is 1.82. The Hall–Kier alpha value is -3.19. The quantitative estimate of drug-likeness (QED) is 0.491. The Bertz CT molecular complexity index is 983. The van der Waals surface area contributed by atoms with E-state index in [1.165, 1.54) is 24.3 Å². The first kappa shape index (κ1) is 21.5. The smallest absolute Gasteiger partial charge is 0.330 e. The number of benzene rings is 1. The number of carbonyl (C=O) groups is 1. The lowest BCUT2D eigenvalue weighted by molar-refractivity contribution is -0.137. The predicted molar refractivity (Wildman–Crippen MR) is 108 cm³/mol. The van der Waals surface area contributed by atoms with Crippen LogP contribution in [0.3, 0.4) is 0 Å². The summed E-state index contributed by atoms with van der Waals surface area (Å²) >= 11 is 5.64. The van der Waals surface area contributed by atoms with Gasteiger partial charge in [0, 0.05) is 44.0 Å². The van der Waals surface area contributed by atoms with E-state index >= 15 is 0 Å². The average molecular weight is 432 g/mol. The van der Waals surface area contributed by atoms with Crippen molar-refractivity contribution >= 4 is 23.6 Å². The van der Waals surface area contributed by atoms with Gasteiger partial charge in [0.1, 0.15) is 0 Å². The van der Waals surface area contributed by atoms with Crippen LogP contribution in [-0.4, -0.2) is 20.8 Å². The van der Waals surface area contributed by atoms with Crippen molar-refractivity contribution in [2.45, 2.75) is 19.3 Å². The van der Waals surface area contributed by atoms with Crippen molar-refractivity contribution < 1.29 is 18.0 Å². The van der Waals surface area contributed by atoms with Gasteiger partial charge in [0.15, 0.2) is 0 Å². The maximum Gasteiger partial charge on any atom is 0.417 e. The second kappa shape index (κ2) is 9.54. The number of hydrogen-bond acceptors (Lipinski definition) is 3. The Morgan fingerprint density at radius 2 is 1.73 bits per heavy atom. The normalized spacial score (nSPS) is 11.6. The molecule has 1 aromatic carbocycles. The van der Waals surface area contributed by atoms with Crippen molar-refractivity contribution in [3.05, 3.63) is 101 Å². The van der Waals surface area contributed by atoms with Crippen molar-refractivity contribution in [1.29, 1.82) is 0 Å². The molecule has 1 amide bonds. The maximum atomic E-state index is 13.0. The summed E-state index contributed by atoms with van der Waals surface area (Å²) < 4.78 is 39.1. The lowest BCUT2D eigenvalue weighted by Gasteiger charge is -2.21. The van der Waals surface area contributed by atoms with Crippen LogP contribution >= 0.6 is 11.6 Å². The minimum atomic E-state index is -4.57. The van der Waals surface area contributed by atoms with Crippen LogP contribution in [0.1, 0.15) is 22.3 Å². The van der Waals surface area contributed by atoms with Crippen molar-refractivity contribution in [1.82, 2.24) is 14.9 Å². The summed E-state index contributed by atoms with van der Waals surface area (Å²) in [5.74, 6) is -0.348. The topological polar surface area (TPSA) is 46.1 Å². The van der Waals surface area contributed by atoms with Gasteiger partial charge in [-0.1, -0.05) is 23.7 Å². The van der Waals surface area contributed by atoms with Crippen LogP contribution in [0, 0.1) is 0 Å². The van der Waals surface area contributed by atoms with Crippen LogP contribution in [0.4, 0.5) is 13.2 Å². The molecule has 8 heteroatoms. The van der Waals surface area contributed by atoms with E-state index in [0.717, 1.165) is 17.2 Å². The number of amides is 1. The second-order valence-electron chi connectivity index (χ2n) is 6.48. The van der Waals surface area contributed by atoms with E-state index in [2.05, 4.69) is 9.97 Å². The molecule has 0 fully saturated rings. The molecular weight excluding hydrogens is 415 g/mol. The monoisotopic (exact) mass is 431 g/mol. The molecule has 4 nitrogen and oxygen atoms in total. The highest BCUT2D eigenvalue weighted by Crippen LogP contribution is 2.35. The summed E-state index contributed by atoms with van der Waals surface area (Å²) in [6, 6.07) is 10.7. The van der Waals surface area contributed by atoms with Gasteiger partial charge in [0.2, 0.25) is 5.91 Å². The SMILES string of the molecule is O=C(/C=C/c1ccc(Cl)c(C(F)(F)F)c1)N(Cc1ccncc1)Cc1cccnc1. The number of carbonyl (C=O) groups excluding carboxylic acids is 1. The standard InChI is InChI=1S/C22H17ClF3N3O/c23-20-5-3-16(12-19(20)22(24,25)26)4-6-21(30)29(14-17-7-10-27-11-8-17)15-18-2-1-9-28-13-18/h1-13H,14-15H2/b6-4+. The molecule has 2 aromatic heterocycles. The van der Waals surface area contributed by atoms with E-state index in [1.807, 2.05) is 6.07 Å². The van der Waals surface area contributed by atoms with Gasteiger partial charge in [-0.05, 0) is 53.1 Å². The molecule has 0 spiro atoms. The van der Waals surface area contributed by atoms with Gasteiger partial charge in [-0.25, -0.2) is 0 Å². The summed E-state index contributed by atoms with van der Waals surface area (Å²) in [6.07, 6.45) is 4.58. The molecule has 2 heterocycles. The van der Waals surface area contributed by atoms with Gasteiger partial charge in [-0.3, -0.25) is 14.8 Å². The van der Waals surface area contributed by atoms with Crippen LogP contribution in [-0.2, 0) is 24.1 Å². The second-order valence-corrected chi connectivity index (χ2v) is 6.89. The molecule has 0 saturated heterocycles. The first-order valence-electron chi connectivity index (χ1n) is 8.94. The van der Waals surface area contributed by atoms with E-state index in [1.54, 1.807) is 47.9 Å². The summed E-state index contributed by atoms with van der Waals surface area (Å²) in [6.45, 7) is 0.614. The largest absolute Gasteiger partial charge is 0.417 e. The van der Waals surface area contributed by atoms with Gasteiger partial charge in [0.05, 0.1) is 10.6 Å². The number of hydrogen-bond donors (Lipinski definition) is 0. The molecule has 30 heavy (non-hydrogen) atoms. The third kappa shape index (κ3) is 5.90. The van der Waals surface area contributed by atoms with E-state index in [9.17, 15) is 18.0 Å². The number of halogens is 4. The van der Waals surface area contributed by atoms with Crippen LogP contribution < -0.4 is 0 Å². The number of alkyl halides is 3. The van der Waals surface area contributed by atoms with Crippen LogP contribution in [0.2, 0.25) is 5.02 Å². The number of nitrogens with zero attached hydrogens (tertiary/aromatic N) is 3. The number of pyridine rings is 2. The zero-order valence-electron chi connectivity index (χ0n) is 15.7. The molecule has 0 unspecified atom stereocenters. The van der Waals surface area contributed by atoms with Gasteiger partial charge in [-0.15, -0.1) is 0 Å². The first-order chi connectivity index (χ1) is 14.3. The average Bonchev–Trinajstić information content (AvgIpc) is 2.73. The van der Waals surface area contributed by atoms with Crippen LogP contribution in [0.15, 0.2) is 73.3 Å². The van der Waals surface area contributed by atoms with Crippen molar-refractivity contribution in [2.24, 2.45) is 0 Å². The van der Waals surface area contributed by atoms with Gasteiger partial charge in [-0.2, -0.15) is 13.2 Å². The molecule has 3 rings (SSSR count). The Labute approximate surface area is 176 Å². The van der Waals surface area contributed by atoms with Crippen molar-refractivity contribution in [3.8, 4) is 0 Å². The number of rotatable bonds is 6. The van der Waals surface area contributed by atoms with E-state index in [-0.39, 0.29) is 16.5 Å². The van der Waals surface area contributed by atoms with E-state index in [4.69, 9.17) is 11.6 Å². The molecule has 154 valence electrons. The highest BCUT2D eigenvalue weighted by molar-refractivity contribution is 6.31. The zero-order valence-corrected chi connectivity index (χ0v) is 16.4. The van der Waals surface area contributed by atoms with E-state index in [0.29, 0.717) is 13.1 Å². The lowest BCUT2D eigenvalue weighted by atomic mass is 10.1. The Kier molecular flexibility index (Phi) is 6.84. The van der Waals surface area contributed by atoms with Gasteiger partial charge in [0.25, 0.3) is 0 Å². The zero-order chi connectivity index (χ0) is 21.6. The molecule has 0 N–H and O–H groups in total. The molecule has 0 radical (unpaired) electrons. The molecule has 0 aliphatic rings. The first-order valence-corrected chi connectivity index (χ1v) is 9.32. The summed E-state index contributed by atoms with van der Waals surface area (Å²) in [4.78, 5) is 22.4. The number of aromatic nitrogens is 2. The third-order valence-electron chi connectivity index (χ3n) is 4.24. The Morgan fingerprint density at radius 1 is 1.00 bits per heavy atom. The van der Waals surface area contributed by atoms with Crippen molar-refractivity contribution in [2.75, 3.05) is 0 Å². The minimum absolute atomic E-state index is 0.227. The van der Waals surface area contributed by atoms with Crippen LogP contribution in [0.25, 0.3) is 6.08 Å². The third-order valence-corrected chi connectivity index (χ3v) is 4.57. The van der Waals surface area contributed by atoms with Gasteiger partial charge < -0.3 is 4.90 Å². The molecule has 0 atom stereocenters. The lowest BCUT2D eigenvalue weighted by Crippen LogP contribution is -2.28. The fourth-order valence-electron chi connectivity index (χ4n) is 2.77. The maximum absolute atomic E-state index is 13.0. The Morgan fingerprint density at radius 3 is 2.40 bits per heavy atom. The highest BCUT2D eigenvalue weighted by Gasteiger charge is 2.33. The molecule has 0 bridgehead atoms. The fraction of sp³-hybridized carbons (Fsp3) is 0.136. The van der Waals surface area contributed by atoms with E-state index < -0.39 is 11.7 Å². The molecular formula is C22H17ClF3N3O. The van der Waals surface area contributed by atoms with Crippen LogP contribution in [0.5, 0.6) is 0 Å². The van der Waals surface area contributed by atoms with Crippen molar-refractivity contribution in [3.63, 3.8) is 0 Å².